The highest BCUT2D eigenvalue weighted by Gasteiger charge is 2.18. The van der Waals surface area contributed by atoms with Gasteiger partial charge in [0.2, 0.25) is 11.7 Å². The van der Waals surface area contributed by atoms with Crippen LogP contribution in [0.25, 0.3) is 16.7 Å². The molecule has 3 rings (SSSR count). The lowest BCUT2D eigenvalue weighted by Crippen LogP contribution is -2.33. The summed E-state index contributed by atoms with van der Waals surface area (Å²) in [6, 6.07) is 4.18. The first kappa shape index (κ1) is 19.3. The molecule has 1 unspecified atom stereocenters. The van der Waals surface area contributed by atoms with Gasteiger partial charge in [-0.15, -0.1) is 10.2 Å². The van der Waals surface area contributed by atoms with E-state index in [9.17, 15) is 14.0 Å². The fourth-order valence-corrected chi connectivity index (χ4v) is 3.58. The Balaban J connectivity index is 2.06. The summed E-state index contributed by atoms with van der Waals surface area (Å²) >= 11 is 1.24. The lowest BCUT2D eigenvalue weighted by molar-refractivity contribution is -0.119. The third-order valence-corrected chi connectivity index (χ3v) is 5.26. The zero-order chi connectivity index (χ0) is 19.6. The van der Waals surface area contributed by atoms with E-state index < -0.39 is 5.82 Å². The second-order valence-corrected chi connectivity index (χ2v) is 7.34. The summed E-state index contributed by atoms with van der Waals surface area (Å²) in [7, 11) is 0. The third kappa shape index (κ3) is 3.83. The summed E-state index contributed by atoms with van der Waals surface area (Å²) in [5, 5.41) is 12.0. The number of aryl methyl sites for hydroxylation is 1. The van der Waals surface area contributed by atoms with Crippen molar-refractivity contribution < 1.29 is 9.18 Å². The second-order valence-electron chi connectivity index (χ2n) is 6.40. The van der Waals surface area contributed by atoms with E-state index in [4.69, 9.17) is 0 Å². The molecular weight excluding hydrogens is 369 g/mol. The van der Waals surface area contributed by atoms with Crippen molar-refractivity contribution in [2.24, 2.45) is 0 Å². The Morgan fingerprint density at radius 3 is 2.81 bits per heavy atom. The second kappa shape index (κ2) is 8.08. The van der Waals surface area contributed by atoms with E-state index in [0.717, 1.165) is 12.8 Å². The Morgan fingerprint density at radius 1 is 1.33 bits per heavy atom. The highest BCUT2D eigenvalue weighted by Crippen LogP contribution is 2.22. The number of rotatable bonds is 7. The lowest BCUT2D eigenvalue weighted by Gasteiger charge is -2.12. The van der Waals surface area contributed by atoms with Gasteiger partial charge in [-0.1, -0.05) is 25.6 Å². The molecule has 1 aromatic carbocycles. The lowest BCUT2D eigenvalue weighted by atomic mass is 10.2. The van der Waals surface area contributed by atoms with Gasteiger partial charge in [-0.25, -0.2) is 4.39 Å². The van der Waals surface area contributed by atoms with Crippen molar-refractivity contribution in [1.29, 1.82) is 0 Å². The first-order valence-electron chi connectivity index (χ1n) is 8.95. The van der Waals surface area contributed by atoms with Crippen LogP contribution in [0.15, 0.2) is 28.2 Å². The van der Waals surface area contributed by atoms with Gasteiger partial charge in [-0.05, 0) is 38.0 Å². The fraction of sp³-hybridized carbons (Fsp3) is 0.444. The number of carbonyl (C=O) groups excluding carboxylic acids is 1. The Hall–Kier alpha value is -2.42. The molecule has 0 fully saturated rings. The molecule has 2 aromatic heterocycles. The van der Waals surface area contributed by atoms with Crippen molar-refractivity contribution in [3.8, 4) is 0 Å². The quantitative estimate of drug-likeness (QED) is 0.626. The van der Waals surface area contributed by atoms with Crippen LogP contribution >= 0.6 is 11.8 Å². The van der Waals surface area contributed by atoms with E-state index in [-0.39, 0.29) is 28.6 Å². The number of hydrogen-bond donors (Lipinski definition) is 1. The summed E-state index contributed by atoms with van der Waals surface area (Å²) in [6.07, 6.45) is 1.58. The van der Waals surface area contributed by atoms with Gasteiger partial charge in [-0.2, -0.15) is 0 Å². The number of thioether (sulfide) groups is 1. The molecule has 0 aliphatic rings. The smallest absolute Gasteiger partial charge is 0.262 e. The topological polar surface area (TPSA) is 81.3 Å². The van der Waals surface area contributed by atoms with E-state index >= 15 is 0 Å². The third-order valence-electron chi connectivity index (χ3n) is 4.33. The minimum absolute atomic E-state index is 0.0941. The minimum atomic E-state index is -0.475. The van der Waals surface area contributed by atoms with E-state index in [2.05, 4.69) is 15.5 Å². The fourth-order valence-electron chi connectivity index (χ4n) is 2.83. The number of aromatic nitrogens is 4. The molecule has 7 nitrogen and oxygen atoms in total. The van der Waals surface area contributed by atoms with Gasteiger partial charge >= 0.3 is 0 Å². The molecule has 0 aliphatic carbocycles. The van der Waals surface area contributed by atoms with Crippen molar-refractivity contribution in [3.05, 3.63) is 34.4 Å². The number of benzene rings is 1. The van der Waals surface area contributed by atoms with Gasteiger partial charge in [0.1, 0.15) is 5.82 Å². The SMILES string of the molecule is CCCn1c(=O)c2cc(F)ccc2n2c(SCC(=O)NC(C)CC)nnc12. The van der Waals surface area contributed by atoms with E-state index in [1.54, 1.807) is 10.5 Å². The van der Waals surface area contributed by atoms with Crippen LogP contribution in [0.5, 0.6) is 0 Å². The number of amides is 1. The van der Waals surface area contributed by atoms with Crippen LogP contribution in [-0.4, -0.2) is 36.9 Å². The standard InChI is InChI=1S/C18H22FN5O2S/c1-4-8-23-16(26)13-9-12(19)6-7-14(13)24-17(23)21-22-18(24)27-10-15(25)20-11(3)5-2/h6-7,9,11H,4-5,8,10H2,1-3H3,(H,20,25). The average Bonchev–Trinajstić information content (AvgIpc) is 3.07. The maximum absolute atomic E-state index is 13.7. The normalized spacial score (nSPS) is 12.6. The molecule has 0 saturated heterocycles. The Labute approximate surface area is 160 Å². The molecule has 0 aliphatic heterocycles. The molecule has 1 N–H and O–H groups in total. The van der Waals surface area contributed by atoms with Gasteiger partial charge in [0, 0.05) is 12.6 Å². The van der Waals surface area contributed by atoms with Crippen LogP contribution in [-0.2, 0) is 11.3 Å². The van der Waals surface area contributed by atoms with Crippen LogP contribution in [0.4, 0.5) is 4.39 Å². The van der Waals surface area contributed by atoms with Crippen molar-refractivity contribution in [1.82, 2.24) is 24.5 Å². The molecule has 27 heavy (non-hydrogen) atoms. The van der Waals surface area contributed by atoms with Gasteiger partial charge in [0.25, 0.3) is 5.56 Å². The zero-order valence-electron chi connectivity index (χ0n) is 15.5. The van der Waals surface area contributed by atoms with Gasteiger partial charge in [-0.3, -0.25) is 18.6 Å². The van der Waals surface area contributed by atoms with Gasteiger partial charge in [0.15, 0.2) is 5.16 Å². The van der Waals surface area contributed by atoms with Crippen LogP contribution in [0.1, 0.15) is 33.6 Å². The summed E-state index contributed by atoms with van der Waals surface area (Å²) in [5.74, 6) is 0.00658. The molecule has 1 amide bonds. The maximum Gasteiger partial charge on any atom is 0.262 e. The van der Waals surface area contributed by atoms with E-state index in [1.165, 1.54) is 28.5 Å². The molecule has 144 valence electrons. The monoisotopic (exact) mass is 391 g/mol. The molecular formula is C18H22FN5O2S. The number of nitrogens with one attached hydrogen (secondary N) is 1. The Morgan fingerprint density at radius 2 is 2.11 bits per heavy atom. The van der Waals surface area contributed by atoms with Crippen molar-refractivity contribution in [3.63, 3.8) is 0 Å². The summed E-state index contributed by atoms with van der Waals surface area (Å²) in [5.41, 5.74) is 0.232. The molecule has 9 heteroatoms. The Kier molecular flexibility index (Phi) is 5.79. The van der Waals surface area contributed by atoms with E-state index in [0.29, 0.717) is 23.0 Å². The minimum Gasteiger partial charge on any atom is -0.353 e. The number of carbonyl (C=O) groups is 1. The van der Waals surface area contributed by atoms with Crippen LogP contribution in [0.3, 0.4) is 0 Å². The van der Waals surface area contributed by atoms with Crippen molar-refractivity contribution in [2.75, 3.05) is 5.75 Å². The van der Waals surface area contributed by atoms with E-state index in [1.807, 2.05) is 20.8 Å². The first-order chi connectivity index (χ1) is 13.0. The molecule has 3 aromatic rings. The molecule has 0 saturated carbocycles. The Bertz CT molecular complexity index is 1050. The molecule has 0 bridgehead atoms. The molecule has 2 heterocycles. The average molecular weight is 391 g/mol. The van der Waals surface area contributed by atoms with Crippen LogP contribution < -0.4 is 10.9 Å². The first-order valence-corrected chi connectivity index (χ1v) is 9.94. The molecule has 1 atom stereocenters. The van der Waals surface area contributed by atoms with Crippen molar-refractivity contribution in [2.45, 2.75) is 51.4 Å². The summed E-state index contributed by atoms with van der Waals surface area (Å²) < 4.78 is 16.9. The summed E-state index contributed by atoms with van der Waals surface area (Å²) in [4.78, 5) is 24.8. The predicted octanol–water partition coefficient (Wildman–Crippen LogP) is 2.60. The number of hydrogen-bond acceptors (Lipinski definition) is 5. The predicted molar refractivity (Wildman–Crippen MR) is 104 cm³/mol. The highest BCUT2D eigenvalue weighted by atomic mass is 32.2. The van der Waals surface area contributed by atoms with Crippen LogP contribution in [0.2, 0.25) is 0 Å². The van der Waals surface area contributed by atoms with Crippen molar-refractivity contribution >= 4 is 34.3 Å². The van der Waals surface area contributed by atoms with Gasteiger partial charge in [0.05, 0.1) is 16.7 Å². The zero-order valence-corrected chi connectivity index (χ0v) is 16.3. The van der Waals surface area contributed by atoms with Gasteiger partial charge < -0.3 is 5.32 Å². The number of halogens is 1. The largest absolute Gasteiger partial charge is 0.353 e. The number of fused-ring (bicyclic) bond motifs is 3. The molecule has 0 spiro atoms. The summed E-state index contributed by atoms with van der Waals surface area (Å²) in [6.45, 7) is 6.35. The highest BCUT2D eigenvalue weighted by molar-refractivity contribution is 7.99. The molecule has 0 radical (unpaired) electrons. The maximum atomic E-state index is 13.7. The number of nitrogens with zero attached hydrogens (tertiary/aromatic N) is 4. The van der Waals surface area contributed by atoms with Crippen LogP contribution in [0, 0.1) is 5.82 Å².